The first-order valence-electron chi connectivity index (χ1n) is 9.80. The Balaban J connectivity index is 2.28. The van der Waals surface area contributed by atoms with Crippen molar-refractivity contribution in [3.63, 3.8) is 0 Å². The molecule has 2 rings (SSSR count). The van der Waals surface area contributed by atoms with Crippen LogP contribution in [0.15, 0.2) is 59.5 Å². The standard InChI is InChI=1S/C22H30N2O3S/c1-5-18(4)24(17-19-11-9-8-10-12-19)22(25)20-13-15-21(16-14-20)28(26,27)23(6-2)7-3/h8-16,18H,5-7,17H2,1-4H3. The molecule has 2 aromatic carbocycles. The Morgan fingerprint density at radius 3 is 2.00 bits per heavy atom. The number of carbonyl (C=O) groups excluding carboxylic acids is 1. The summed E-state index contributed by atoms with van der Waals surface area (Å²) in [5.74, 6) is -0.0926. The van der Waals surface area contributed by atoms with E-state index in [1.807, 2.05) is 56.0 Å². The molecule has 5 nitrogen and oxygen atoms in total. The fourth-order valence-corrected chi connectivity index (χ4v) is 4.53. The molecule has 0 N–H and O–H groups in total. The molecule has 6 heteroatoms. The summed E-state index contributed by atoms with van der Waals surface area (Å²) in [5, 5.41) is 0. The van der Waals surface area contributed by atoms with Crippen LogP contribution in [0.2, 0.25) is 0 Å². The van der Waals surface area contributed by atoms with Gasteiger partial charge in [0.2, 0.25) is 10.0 Å². The molecule has 0 spiro atoms. The third-order valence-corrected chi connectivity index (χ3v) is 7.09. The minimum absolute atomic E-state index is 0.0757. The van der Waals surface area contributed by atoms with E-state index in [1.54, 1.807) is 12.1 Å². The summed E-state index contributed by atoms with van der Waals surface area (Å²) >= 11 is 0. The van der Waals surface area contributed by atoms with Crippen LogP contribution in [-0.4, -0.2) is 42.7 Å². The van der Waals surface area contributed by atoms with Crippen LogP contribution in [0.5, 0.6) is 0 Å². The number of nitrogens with zero attached hydrogens (tertiary/aromatic N) is 2. The van der Waals surface area contributed by atoms with Gasteiger partial charge in [0.1, 0.15) is 0 Å². The van der Waals surface area contributed by atoms with Crippen molar-refractivity contribution in [2.75, 3.05) is 13.1 Å². The molecule has 0 aromatic heterocycles. The Hall–Kier alpha value is -2.18. The second-order valence-corrected chi connectivity index (χ2v) is 8.73. The summed E-state index contributed by atoms with van der Waals surface area (Å²) in [6.45, 7) is 9.06. The Labute approximate surface area is 169 Å². The molecule has 0 aliphatic heterocycles. The predicted octanol–water partition coefficient (Wildman–Crippen LogP) is 4.16. The quantitative estimate of drug-likeness (QED) is 0.633. The van der Waals surface area contributed by atoms with Crippen molar-refractivity contribution in [1.82, 2.24) is 9.21 Å². The summed E-state index contributed by atoms with van der Waals surface area (Å²) in [7, 11) is -3.53. The van der Waals surface area contributed by atoms with Gasteiger partial charge >= 0.3 is 0 Å². The molecule has 0 saturated heterocycles. The average molecular weight is 403 g/mol. The summed E-state index contributed by atoms with van der Waals surface area (Å²) in [5.41, 5.74) is 1.56. The maximum atomic E-state index is 13.1. The highest BCUT2D eigenvalue weighted by Gasteiger charge is 2.24. The molecule has 0 fully saturated rings. The number of carbonyl (C=O) groups is 1. The van der Waals surface area contributed by atoms with E-state index in [0.717, 1.165) is 12.0 Å². The molecule has 0 aliphatic rings. The highest BCUT2D eigenvalue weighted by molar-refractivity contribution is 7.89. The monoisotopic (exact) mass is 402 g/mol. The van der Waals surface area contributed by atoms with Crippen LogP contribution < -0.4 is 0 Å². The largest absolute Gasteiger partial charge is 0.332 e. The maximum Gasteiger partial charge on any atom is 0.254 e. The maximum absolute atomic E-state index is 13.1. The predicted molar refractivity (Wildman–Crippen MR) is 113 cm³/mol. The summed E-state index contributed by atoms with van der Waals surface area (Å²) in [6, 6.07) is 16.2. The topological polar surface area (TPSA) is 57.7 Å². The van der Waals surface area contributed by atoms with Crippen molar-refractivity contribution in [3.8, 4) is 0 Å². The van der Waals surface area contributed by atoms with Gasteiger partial charge in [-0.05, 0) is 43.2 Å². The minimum atomic E-state index is -3.53. The highest BCUT2D eigenvalue weighted by atomic mass is 32.2. The van der Waals surface area contributed by atoms with Crippen LogP contribution in [0, 0.1) is 0 Å². The molecule has 1 atom stereocenters. The summed E-state index contributed by atoms with van der Waals surface area (Å²) in [4.78, 5) is 15.2. The fourth-order valence-electron chi connectivity index (χ4n) is 3.08. The molecule has 0 bridgehead atoms. The van der Waals surface area contributed by atoms with E-state index in [1.165, 1.54) is 16.4 Å². The summed E-state index contributed by atoms with van der Waals surface area (Å²) in [6.07, 6.45) is 0.840. The molecule has 0 saturated carbocycles. The van der Waals surface area contributed by atoms with Gasteiger partial charge in [0.25, 0.3) is 5.91 Å². The Morgan fingerprint density at radius 2 is 1.50 bits per heavy atom. The number of amides is 1. The number of hydrogen-bond acceptors (Lipinski definition) is 3. The van der Waals surface area contributed by atoms with Gasteiger partial charge in [0.05, 0.1) is 4.90 Å². The smallest absolute Gasteiger partial charge is 0.254 e. The second kappa shape index (κ2) is 9.85. The number of rotatable bonds is 9. The summed E-state index contributed by atoms with van der Waals surface area (Å²) < 4.78 is 26.7. The van der Waals surface area contributed by atoms with Crippen LogP contribution in [-0.2, 0) is 16.6 Å². The fraction of sp³-hybridized carbons (Fsp3) is 0.409. The van der Waals surface area contributed by atoms with Crippen LogP contribution in [0.1, 0.15) is 50.0 Å². The van der Waals surface area contributed by atoms with Gasteiger partial charge in [-0.1, -0.05) is 51.1 Å². The van der Waals surface area contributed by atoms with E-state index >= 15 is 0 Å². The lowest BCUT2D eigenvalue weighted by atomic mass is 10.1. The molecule has 28 heavy (non-hydrogen) atoms. The minimum Gasteiger partial charge on any atom is -0.332 e. The molecule has 1 unspecified atom stereocenters. The van der Waals surface area contributed by atoms with Crippen LogP contribution in [0.25, 0.3) is 0 Å². The Kier molecular flexibility index (Phi) is 7.78. The van der Waals surface area contributed by atoms with Gasteiger partial charge in [-0.2, -0.15) is 4.31 Å². The van der Waals surface area contributed by atoms with Crippen molar-refractivity contribution >= 4 is 15.9 Å². The van der Waals surface area contributed by atoms with E-state index in [4.69, 9.17) is 0 Å². The zero-order valence-corrected chi connectivity index (χ0v) is 17.9. The van der Waals surface area contributed by atoms with Crippen LogP contribution in [0.4, 0.5) is 0 Å². The lowest BCUT2D eigenvalue weighted by Crippen LogP contribution is -2.37. The second-order valence-electron chi connectivity index (χ2n) is 6.79. The van der Waals surface area contributed by atoms with Gasteiger partial charge in [-0.15, -0.1) is 0 Å². The number of hydrogen-bond donors (Lipinski definition) is 0. The molecule has 152 valence electrons. The Morgan fingerprint density at radius 1 is 0.929 bits per heavy atom. The van der Waals surface area contributed by atoms with E-state index in [9.17, 15) is 13.2 Å². The molecular formula is C22H30N2O3S. The number of sulfonamides is 1. The van der Waals surface area contributed by atoms with Crippen LogP contribution in [0.3, 0.4) is 0 Å². The van der Waals surface area contributed by atoms with Crippen molar-refractivity contribution in [3.05, 3.63) is 65.7 Å². The SMILES string of the molecule is CCC(C)N(Cc1ccccc1)C(=O)c1ccc(S(=O)(=O)N(CC)CC)cc1. The molecule has 0 heterocycles. The molecule has 0 aliphatic carbocycles. The van der Waals surface area contributed by atoms with E-state index in [2.05, 4.69) is 6.92 Å². The van der Waals surface area contributed by atoms with E-state index in [-0.39, 0.29) is 16.8 Å². The molecule has 2 aromatic rings. The van der Waals surface area contributed by atoms with Crippen LogP contribution >= 0.6 is 0 Å². The molecular weight excluding hydrogens is 372 g/mol. The average Bonchev–Trinajstić information content (AvgIpc) is 2.72. The first-order valence-corrected chi connectivity index (χ1v) is 11.2. The van der Waals surface area contributed by atoms with Crippen molar-refractivity contribution in [2.24, 2.45) is 0 Å². The zero-order valence-electron chi connectivity index (χ0n) is 17.1. The third-order valence-electron chi connectivity index (χ3n) is 5.02. The molecule has 1 amide bonds. The normalized spacial score (nSPS) is 12.8. The molecule has 0 radical (unpaired) electrons. The van der Waals surface area contributed by atoms with Gasteiger partial charge in [-0.3, -0.25) is 4.79 Å². The van der Waals surface area contributed by atoms with Gasteiger partial charge < -0.3 is 4.90 Å². The van der Waals surface area contributed by atoms with Gasteiger partial charge in [0.15, 0.2) is 0 Å². The first-order chi connectivity index (χ1) is 13.3. The van der Waals surface area contributed by atoms with Gasteiger partial charge in [-0.25, -0.2) is 8.42 Å². The zero-order chi connectivity index (χ0) is 20.7. The van der Waals surface area contributed by atoms with E-state index in [0.29, 0.717) is 25.2 Å². The van der Waals surface area contributed by atoms with E-state index < -0.39 is 10.0 Å². The van der Waals surface area contributed by atoms with Crippen molar-refractivity contribution < 1.29 is 13.2 Å². The van der Waals surface area contributed by atoms with Gasteiger partial charge in [0, 0.05) is 31.2 Å². The Bertz CT molecular complexity index is 860. The first kappa shape index (κ1) is 22.1. The highest BCUT2D eigenvalue weighted by Crippen LogP contribution is 2.19. The number of benzene rings is 2. The van der Waals surface area contributed by atoms with Crippen molar-refractivity contribution in [1.29, 1.82) is 0 Å². The lowest BCUT2D eigenvalue weighted by Gasteiger charge is -2.29. The van der Waals surface area contributed by atoms with Crippen molar-refractivity contribution in [2.45, 2.75) is 51.6 Å². The third kappa shape index (κ3) is 5.00. The lowest BCUT2D eigenvalue weighted by molar-refractivity contribution is 0.0671.